The fourth-order valence-corrected chi connectivity index (χ4v) is 2.92. The van der Waals surface area contributed by atoms with Crippen LogP contribution < -0.4 is 0 Å². The maximum absolute atomic E-state index is 7.24. The Bertz CT molecular complexity index is 633. The zero-order chi connectivity index (χ0) is 14.5. The minimum absolute atomic E-state index is 0.859. The maximum Gasteiger partial charge on any atom is 0.0203 e. The Kier molecular flexibility index (Phi) is 4.80. The van der Waals surface area contributed by atoms with E-state index in [4.69, 9.17) is 5.41 Å². The monoisotopic (exact) mass is 281 g/mol. The largest absolute Gasteiger partial charge is 0.308 e. The molecule has 0 atom stereocenters. The summed E-state index contributed by atoms with van der Waals surface area (Å²) in [6.07, 6.45) is 10.5. The van der Waals surface area contributed by atoms with Gasteiger partial charge in [0.1, 0.15) is 0 Å². The Morgan fingerprint density at radius 2 is 2.15 bits per heavy atom. The van der Waals surface area contributed by atoms with Gasteiger partial charge in [-0.05, 0) is 65.6 Å². The highest BCUT2D eigenvalue weighted by atomic mass is 32.2. The first kappa shape index (κ1) is 14.6. The molecule has 0 bridgehead atoms. The number of hydrogen-bond acceptors (Lipinski definition) is 2. The van der Waals surface area contributed by atoms with Crippen LogP contribution >= 0.6 is 11.8 Å². The summed E-state index contributed by atoms with van der Waals surface area (Å²) in [5.74, 6) is 0. The van der Waals surface area contributed by atoms with Crippen molar-refractivity contribution in [1.29, 1.82) is 5.41 Å². The second-order valence-corrected chi connectivity index (χ2v) is 5.85. The van der Waals surface area contributed by atoms with Crippen molar-refractivity contribution in [3.63, 3.8) is 0 Å². The molecule has 0 spiro atoms. The average Bonchev–Trinajstić information content (AvgIpc) is 2.43. The molecule has 2 rings (SSSR count). The molecule has 1 aliphatic rings. The van der Waals surface area contributed by atoms with Gasteiger partial charge in [-0.1, -0.05) is 42.6 Å². The van der Waals surface area contributed by atoms with Crippen molar-refractivity contribution in [2.24, 2.45) is 0 Å². The van der Waals surface area contributed by atoms with Crippen LogP contribution in [0.25, 0.3) is 5.57 Å². The van der Waals surface area contributed by atoms with E-state index in [2.05, 4.69) is 37.1 Å². The number of thioether (sulfide) groups is 1. The van der Waals surface area contributed by atoms with E-state index in [-0.39, 0.29) is 0 Å². The van der Waals surface area contributed by atoms with Gasteiger partial charge in [0.25, 0.3) is 0 Å². The van der Waals surface area contributed by atoms with E-state index in [1.807, 2.05) is 25.2 Å². The van der Waals surface area contributed by atoms with Gasteiger partial charge < -0.3 is 5.41 Å². The van der Waals surface area contributed by atoms with Crippen molar-refractivity contribution in [3.8, 4) is 0 Å². The number of aryl methyl sites for hydroxylation is 1. The lowest BCUT2D eigenvalue weighted by Crippen LogP contribution is -1.94. The maximum atomic E-state index is 7.24. The van der Waals surface area contributed by atoms with Gasteiger partial charge in [0.2, 0.25) is 0 Å². The number of fused-ring (bicyclic) bond motifs is 1. The van der Waals surface area contributed by atoms with Gasteiger partial charge in [-0.25, -0.2) is 0 Å². The third-order valence-electron chi connectivity index (χ3n) is 3.34. The molecule has 0 radical (unpaired) electrons. The van der Waals surface area contributed by atoms with E-state index in [0.29, 0.717) is 0 Å². The van der Waals surface area contributed by atoms with E-state index in [1.165, 1.54) is 27.8 Å². The molecule has 20 heavy (non-hydrogen) atoms. The first-order valence-electron chi connectivity index (χ1n) is 6.61. The second-order valence-electron chi connectivity index (χ2n) is 4.90. The van der Waals surface area contributed by atoms with Crippen molar-refractivity contribution in [2.45, 2.75) is 25.2 Å². The van der Waals surface area contributed by atoms with Crippen LogP contribution in [0.5, 0.6) is 0 Å². The lowest BCUT2D eigenvalue weighted by Gasteiger charge is -2.14. The molecule has 1 aromatic carbocycles. The molecule has 0 aliphatic carbocycles. The van der Waals surface area contributed by atoms with Crippen molar-refractivity contribution >= 4 is 23.5 Å². The van der Waals surface area contributed by atoms with Crippen LogP contribution in [0.3, 0.4) is 0 Å². The molecule has 1 nitrogen and oxygen atoms in total. The summed E-state index contributed by atoms with van der Waals surface area (Å²) >= 11 is 1.73. The standard InChI is InChI=1S/C18H19NS/c1-13(12-19)7-8-16-11-17-14(2)6-4-5-9-20-18(17)10-15(16)3/h4-7,9-12,19H,2,8H2,1,3H3/b6-4-,9-5-,13-7-,19-12?. The Morgan fingerprint density at radius 1 is 1.35 bits per heavy atom. The Hall–Kier alpha value is -1.80. The Labute approximate surface area is 125 Å². The zero-order valence-corrected chi connectivity index (χ0v) is 12.8. The summed E-state index contributed by atoms with van der Waals surface area (Å²) in [5.41, 5.74) is 5.83. The predicted octanol–water partition coefficient (Wildman–Crippen LogP) is 5.32. The number of benzene rings is 1. The van der Waals surface area contributed by atoms with Crippen LogP contribution in [-0.4, -0.2) is 6.21 Å². The van der Waals surface area contributed by atoms with Gasteiger partial charge in [-0.15, -0.1) is 0 Å². The van der Waals surface area contributed by atoms with Gasteiger partial charge in [0.15, 0.2) is 0 Å². The molecule has 1 N–H and O–H groups in total. The highest BCUT2D eigenvalue weighted by Crippen LogP contribution is 2.33. The van der Waals surface area contributed by atoms with Crippen molar-refractivity contribution in [1.82, 2.24) is 0 Å². The normalized spacial score (nSPS) is 17.9. The van der Waals surface area contributed by atoms with Crippen LogP contribution in [0.4, 0.5) is 0 Å². The van der Waals surface area contributed by atoms with Gasteiger partial charge in [0.05, 0.1) is 0 Å². The molecule has 2 heteroatoms. The summed E-state index contributed by atoms with van der Waals surface area (Å²) in [4.78, 5) is 1.25. The summed E-state index contributed by atoms with van der Waals surface area (Å²) in [6.45, 7) is 8.25. The van der Waals surface area contributed by atoms with Crippen molar-refractivity contribution < 1.29 is 0 Å². The van der Waals surface area contributed by atoms with E-state index < -0.39 is 0 Å². The fraction of sp³-hybridized carbons (Fsp3) is 0.167. The smallest absolute Gasteiger partial charge is 0.0203 e. The third-order valence-corrected chi connectivity index (χ3v) is 4.22. The number of hydrogen-bond donors (Lipinski definition) is 1. The van der Waals surface area contributed by atoms with Gasteiger partial charge in [-0.2, -0.15) is 0 Å². The van der Waals surface area contributed by atoms with E-state index >= 15 is 0 Å². The average molecular weight is 281 g/mol. The minimum Gasteiger partial charge on any atom is -0.308 e. The number of allylic oxidation sites excluding steroid dienone is 6. The third kappa shape index (κ3) is 3.40. The van der Waals surface area contributed by atoms with E-state index in [9.17, 15) is 0 Å². The molecule has 0 amide bonds. The van der Waals surface area contributed by atoms with Crippen molar-refractivity contribution in [2.75, 3.05) is 0 Å². The van der Waals surface area contributed by atoms with Crippen LogP contribution in [-0.2, 0) is 6.42 Å². The minimum atomic E-state index is 0.859. The zero-order valence-electron chi connectivity index (χ0n) is 11.9. The first-order valence-corrected chi connectivity index (χ1v) is 7.49. The molecule has 0 saturated heterocycles. The van der Waals surface area contributed by atoms with E-state index in [1.54, 1.807) is 11.8 Å². The quantitative estimate of drug-likeness (QED) is 0.745. The second kappa shape index (κ2) is 6.58. The molecule has 1 heterocycles. The highest BCUT2D eigenvalue weighted by Gasteiger charge is 2.09. The molecule has 0 saturated carbocycles. The summed E-state index contributed by atoms with van der Waals surface area (Å²) < 4.78 is 0. The Morgan fingerprint density at radius 3 is 2.90 bits per heavy atom. The molecule has 0 aromatic heterocycles. The highest BCUT2D eigenvalue weighted by molar-refractivity contribution is 8.02. The van der Waals surface area contributed by atoms with Crippen LogP contribution in [0.15, 0.2) is 58.9 Å². The van der Waals surface area contributed by atoms with Crippen molar-refractivity contribution in [3.05, 3.63) is 70.7 Å². The molecule has 1 aromatic rings. The molecule has 0 fully saturated rings. The Balaban J connectivity index is 2.42. The summed E-state index contributed by atoms with van der Waals surface area (Å²) in [5, 5.41) is 9.33. The molecule has 0 unspecified atom stereocenters. The molecular formula is C18H19NS. The van der Waals surface area contributed by atoms with Crippen LogP contribution in [0.1, 0.15) is 23.6 Å². The van der Waals surface area contributed by atoms with Gasteiger partial charge >= 0.3 is 0 Å². The SMILES string of the molecule is C=C1/C=C\C=C/Sc2cc(C)c(C/C=C(/C)C=N)cc21. The van der Waals surface area contributed by atoms with Crippen LogP contribution in [0.2, 0.25) is 0 Å². The lowest BCUT2D eigenvalue weighted by atomic mass is 9.97. The lowest BCUT2D eigenvalue weighted by molar-refractivity contribution is 1.17. The number of nitrogens with one attached hydrogen (secondary N) is 1. The topological polar surface area (TPSA) is 23.9 Å². The van der Waals surface area contributed by atoms with E-state index in [0.717, 1.165) is 17.6 Å². The first-order chi connectivity index (χ1) is 9.61. The summed E-state index contributed by atoms with van der Waals surface area (Å²) in [6, 6.07) is 4.47. The predicted molar refractivity (Wildman–Crippen MR) is 90.6 cm³/mol. The fourth-order valence-electron chi connectivity index (χ4n) is 2.04. The summed E-state index contributed by atoms with van der Waals surface area (Å²) in [7, 11) is 0. The molecule has 1 aliphatic heterocycles. The number of rotatable bonds is 3. The van der Waals surface area contributed by atoms with Crippen LogP contribution in [0, 0.1) is 12.3 Å². The van der Waals surface area contributed by atoms with Gasteiger partial charge in [0, 0.05) is 11.1 Å². The van der Waals surface area contributed by atoms with Gasteiger partial charge in [-0.3, -0.25) is 0 Å². The molecule has 102 valence electrons. The molecular weight excluding hydrogens is 262 g/mol.